The van der Waals surface area contributed by atoms with Crippen LogP contribution in [-0.2, 0) is 12.7 Å². The van der Waals surface area contributed by atoms with Crippen LogP contribution < -0.4 is 20.3 Å². The molecule has 1 fully saturated rings. The molecule has 0 unspecified atom stereocenters. The van der Waals surface area contributed by atoms with Crippen molar-refractivity contribution in [2.45, 2.75) is 64.6 Å². The van der Waals surface area contributed by atoms with E-state index in [0.29, 0.717) is 35.7 Å². The van der Waals surface area contributed by atoms with Crippen LogP contribution in [0.25, 0.3) is 5.65 Å². The number of hydrogen-bond acceptors (Lipinski definition) is 7. The molecular weight excluding hydrogens is 495 g/mol. The van der Waals surface area contributed by atoms with Gasteiger partial charge in [0.05, 0.1) is 18.4 Å². The third-order valence-electron chi connectivity index (χ3n) is 7.38. The van der Waals surface area contributed by atoms with Crippen LogP contribution in [-0.4, -0.2) is 52.4 Å². The Morgan fingerprint density at radius 1 is 1.11 bits per heavy atom. The third-order valence-corrected chi connectivity index (χ3v) is 7.38. The number of piperidine rings is 1. The molecule has 2 N–H and O–H groups in total. The van der Waals surface area contributed by atoms with Crippen LogP contribution in [0, 0.1) is 5.92 Å². The minimum atomic E-state index is -4.44. The van der Waals surface area contributed by atoms with Crippen LogP contribution >= 0.6 is 0 Å². The third kappa shape index (κ3) is 5.98. The number of alkyl halides is 3. The number of ether oxygens (including phenoxy) is 1. The molecule has 11 heteroatoms. The normalized spacial score (nSPS) is 18.1. The van der Waals surface area contributed by atoms with Gasteiger partial charge in [-0.05, 0) is 75.2 Å². The minimum absolute atomic E-state index is 0.107. The summed E-state index contributed by atoms with van der Waals surface area (Å²) in [5, 5.41) is 11.2. The van der Waals surface area contributed by atoms with Gasteiger partial charge in [-0.2, -0.15) is 32.8 Å². The summed E-state index contributed by atoms with van der Waals surface area (Å²) in [7, 11) is 0. The zero-order valence-corrected chi connectivity index (χ0v) is 22.0. The molecule has 4 heterocycles. The first kappa shape index (κ1) is 26.5. The summed E-state index contributed by atoms with van der Waals surface area (Å²) in [6, 6.07) is 3.64. The molecular formula is C27H36F3N7O. The largest absolute Gasteiger partial charge is 0.493 e. The SMILES string of the molecule is CC(C)c1cnn2c3nc(nc12)N(CC1CCNCC1)CCCCCOc1ccc(C(F)(F)F)cc1CN3. The second-order valence-electron chi connectivity index (χ2n) is 10.6. The van der Waals surface area contributed by atoms with Gasteiger partial charge in [0.2, 0.25) is 11.9 Å². The summed E-state index contributed by atoms with van der Waals surface area (Å²) in [6.07, 6.45) is 2.29. The van der Waals surface area contributed by atoms with Gasteiger partial charge in [-0.15, -0.1) is 0 Å². The van der Waals surface area contributed by atoms with Crippen LogP contribution in [0.1, 0.15) is 68.6 Å². The van der Waals surface area contributed by atoms with Gasteiger partial charge < -0.3 is 20.3 Å². The van der Waals surface area contributed by atoms with Crippen molar-refractivity contribution in [1.29, 1.82) is 0 Å². The maximum atomic E-state index is 13.5. The van der Waals surface area contributed by atoms with Crippen molar-refractivity contribution >= 4 is 17.5 Å². The quantitative estimate of drug-likeness (QED) is 0.478. The first-order chi connectivity index (χ1) is 18.3. The summed E-state index contributed by atoms with van der Waals surface area (Å²) in [6.45, 7) is 8.48. The highest BCUT2D eigenvalue weighted by Crippen LogP contribution is 2.33. The van der Waals surface area contributed by atoms with Crippen molar-refractivity contribution < 1.29 is 17.9 Å². The second kappa shape index (κ2) is 11.3. The molecule has 0 saturated carbocycles. The van der Waals surface area contributed by atoms with E-state index in [-0.39, 0.29) is 12.5 Å². The van der Waals surface area contributed by atoms with E-state index in [4.69, 9.17) is 14.7 Å². The molecule has 38 heavy (non-hydrogen) atoms. The number of nitrogens with zero attached hydrogens (tertiary/aromatic N) is 5. The molecule has 0 radical (unpaired) electrons. The molecule has 0 aliphatic carbocycles. The Morgan fingerprint density at radius 2 is 1.92 bits per heavy atom. The zero-order valence-electron chi connectivity index (χ0n) is 22.0. The Hall–Kier alpha value is -3.08. The van der Waals surface area contributed by atoms with Gasteiger partial charge in [0, 0.05) is 30.8 Å². The lowest BCUT2D eigenvalue weighted by atomic mass is 9.97. The number of rotatable bonds is 3. The fraction of sp³-hybridized carbons (Fsp3) is 0.593. The summed E-state index contributed by atoms with van der Waals surface area (Å²) >= 11 is 0. The van der Waals surface area contributed by atoms with Crippen LogP contribution in [0.2, 0.25) is 0 Å². The molecule has 8 nitrogen and oxygen atoms in total. The number of aromatic nitrogens is 4. The lowest BCUT2D eigenvalue weighted by molar-refractivity contribution is -0.137. The summed E-state index contributed by atoms with van der Waals surface area (Å²) in [5.74, 6) is 2.29. The zero-order chi connectivity index (χ0) is 26.7. The molecule has 2 bridgehead atoms. The van der Waals surface area contributed by atoms with Crippen molar-refractivity contribution in [3.05, 3.63) is 41.1 Å². The Labute approximate surface area is 221 Å². The number of fused-ring (bicyclic) bond motifs is 5. The summed E-state index contributed by atoms with van der Waals surface area (Å²) < 4.78 is 48.1. The van der Waals surface area contributed by atoms with Crippen LogP contribution in [0.15, 0.2) is 24.4 Å². The van der Waals surface area contributed by atoms with Gasteiger partial charge in [-0.1, -0.05) is 13.8 Å². The summed E-state index contributed by atoms with van der Waals surface area (Å²) in [4.78, 5) is 12.1. The molecule has 206 valence electrons. The molecule has 0 amide bonds. The van der Waals surface area contributed by atoms with Gasteiger partial charge in [0.25, 0.3) is 0 Å². The lowest BCUT2D eigenvalue weighted by Crippen LogP contribution is -2.37. The first-order valence-corrected chi connectivity index (χ1v) is 13.6. The number of hydrogen-bond donors (Lipinski definition) is 2. The Bertz CT molecular complexity index is 1240. The fourth-order valence-electron chi connectivity index (χ4n) is 5.17. The molecule has 1 saturated heterocycles. The van der Waals surface area contributed by atoms with E-state index >= 15 is 0 Å². The molecule has 5 rings (SSSR count). The highest BCUT2D eigenvalue weighted by atomic mass is 19.4. The van der Waals surface area contributed by atoms with Crippen molar-refractivity contribution in [3.63, 3.8) is 0 Å². The number of benzene rings is 1. The maximum absolute atomic E-state index is 13.5. The highest BCUT2D eigenvalue weighted by Gasteiger charge is 2.31. The van der Waals surface area contributed by atoms with Gasteiger partial charge >= 0.3 is 6.18 Å². The highest BCUT2D eigenvalue weighted by molar-refractivity contribution is 5.56. The molecule has 2 aromatic heterocycles. The van der Waals surface area contributed by atoms with Crippen molar-refractivity contribution in [2.75, 3.05) is 43.0 Å². The van der Waals surface area contributed by atoms with Gasteiger partial charge in [-0.3, -0.25) is 0 Å². The average Bonchev–Trinajstić information content (AvgIpc) is 3.33. The predicted octanol–water partition coefficient (Wildman–Crippen LogP) is 5.25. The van der Waals surface area contributed by atoms with E-state index in [0.717, 1.165) is 81.6 Å². The number of halogens is 3. The van der Waals surface area contributed by atoms with Crippen molar-refractivity contribution in [1.82, 2.24) is 24.9 Å². The summed E-state index contributed by atoms with van der Waals surface area (Å²) in [5.41, 5.74) is 1.44. The lowest BCUT2D eigenvalue weighted by Gasteiger charge is -2.30. The standard InChI is InChI=1S/C27H36F3N7O/c1-18(2)22-16-33-37-24(22)34-26-35-25(37)32-15-20-14-21(27(28,29)30)6-7-23(20)38-13-5-3-4-12-36(26)17-19-8-10-31-11-9-19/h6-7,14,16,18-19,31H,3-5,8-13,15,17H2,1-2H3,(H,32,34,35). The Kier molecular flexibility index (Phi) is 7.92. The monoisotopic (exact) mass is 531 g/mol. The molecule has 1 aromatic carbocycles. The number of nitrogens with one attached hydrogen (secondary N) is 2. The average molecular weight is 532 g/mol. The first-order valence-electron chi connectivity index (χ1n) is 13.6. The van der Waals surface area contributed by atoms with E-state index in [2.05, 4.69) is 34.5 Å². The van der Waals surface area contributed by atoms with Crippen molar-refractivity contribution in [3.8, 4) is 5.75 Å². The van der Waals surface area contributed by atoms with E-state index in [1.165, 1.54) is 6.07 Å². The number of anilines is 2. The smallest absolute Gasteiger partial charge is 0.416 e. The van der Waals surface area contributed by atoms with Crippen LogP contribution in [0.5, 0.6) is 5.75 Å². The van der Waals surface area contributed by atoms with E-state index in [9.17, 15) is 13.2 Å². The predicted molar refractivity (Wildman–Crippen MR) is 141 cm³/mol. The molecule has 2 aliphatic heterocycles. The Morgan fingerprint density at radius 3 is 2.68 bits per heavy atom. The van der Waals surface area contributed by atoms with Crippen LogP contribution in [0.3, 0.4) is 0 Å². The van der Waals surface area contributed by atoms with Gasteiger partial charge in [0.15, 0.2) is 5.65 Å². The fourth-order valence-corrected chi connectivity index (χ4v) is 5.17. The van der Waals surface area contributed by atoms with Gasteiger partial charge in [0.1, 0.15) is 5.75 Å². The molecule has 3 aromatic rings. The second-order valence-corrected chi connectivity index (χ2v) is 10.6. The van der Waals surface area contributed by atoms with Gasteiger partial charge in [-0.25, -0.2) is 0 Å². The molecule has 0 atom stereocenters. The van der Waals surface area contributed by atoms with E-state index in [1.54, 1.807) is 10.7 Å². The van der Waals surface area contributed by atoms with Crippen molar-refractivity contribution in [2.24, 2.45) is 5.92 Å². The van der Waals surface area contributed by atoms with E-state index < -0.39 is 11.7 Å². The van der Waals surface area contributed by atoms with Crippen LogP contribution in [0.4, 0.5) is 25.1 Å². The molecule has 0 spiro atoms. The molecule has 2 aliphatic rings. The minimum Gasteiger partial charge on any atom is -0.493 e. The topological polar surface area (TPSA) is 79.6 Å². The maximum Gasteiger partial charge on any atom is 0.416 e. The Balaban J connectivity index is 1.55. The van der Waals surface area contributed by atoms with E-state index in [1.807, 2.05) is 0 Å².